The zero-order valence-corrected chi connectivity index (χ0v) is 11.1. The molecule has 0 fully saturated rings. The summed E-state index contributed by atoms with van der Waals surface area (Å²) in [7, 11) is 0. The van der Waals surface area contributed by atoms with Crippen molar-refractivity contribution in [3.05, 3.63) is 0 Å². The summed E-state index contributed by atoms with van der Waals surface area (Å²) in [5.41, 5.74) is 0. The molecule has 0 saturated carbocycles. The minimum absolute atomic E-state index is 0.0625. The zero-order chi connectivity index (χ0) is 10.3. The van der Waals surface area contributed by atoms with Crippen LogP contribution in [0.15, 0.2) is 0 Å². The van der Waals surface area contributed by atoms with E-state index in [0.29, 0.717) is 3.97 Å². The molecule has 0 saturated heterocycles. The van der Waals surface area contributed by atoms with Crippen LogP contribution in [0.5, 0.6) is 0 Å². The fourth-order valence-corrected chi connectivity index (χ4v) is 4.76. The number of rotatable bonds is 7. The van der Waals surface area contributed by atoms with E-state index < -0.39 is 5.97 Å². The molecule has 0 aromatic carbocycles. The van der Waals surface area contributed by atoms with Gasteiger partial charge in [0.1, 0.15) is 0 Å². The van der Waals surface area contributed by atoms with Gasteiger partial charge in [-0.3, -0.25) is 0 Å². The average Bonchev–Trinajstić information content (AvgIpc) is 2.04. The quantitative estimate of drug-likeness (QED) is 0.580. The molecule has 0 amide bonds. The standard InChI is InChI=1S/C10H20O2Te/c1-4-5-6-13-9(3)7-8(2)10(11)12/h8-9H,4-7H2,1-3H3,(H,11,12). The van der Waals surface area contributed by atoms with Gasteiger partial charge in [-0.15, -0.1) is 0 Å². The van der Waals surface area contributed by atoms with Crippen molar-refractivity contribution in [3.8, 4) is 0 Å². The monoisotopic (exact) mass is 302 g/mol. The second-order valence-corrected chi connectivity index (χ2v) is 7.92. The van der Waals surface area contributed by atoms with Crippen molar-refractivity contribution in [3.63, 3.8) is 0 Å². The van der Waals surface area contributed by atoms with Crippen molar-refractivity contribution in [2.75, 3.05) is 0 Å². The summed E-state index contributed by atoms with van der Waals surface area (Å²) < 4.78 is 2.05. The summed E-state index contributed by atoms with van der Waals surface area (Å²) in [6, 6.07) is 0. The van der Waals surface area contributed by atoms with Crippen LogP contribution >= 0.6 is 0 Å². The van der Waals surface area contributed by atoms with Gasteiger partial charge in [0.2, 0.25) is 0 Å². The number of hydrogen-bond acceptors (Lipinski definition) is 1. The predicted octanol–water partition coefficient (Wildman–Crippen LogP) is 2.83. The normalized spacial score (nSPS) is 15.3. The Morgan fingerprint density at radius 1 is 1.46 bits per heavy atom. The third-order valence-electron chi connectivity index (χ3n) is 2.01. The number of carboxylic acid groups (broad SMARTS) is 1. The number of carbonyl (C=O) groups is 1. The van der Waals surface area contributed by atoms with E-state index in [-0.39, 0.29) is 26.8 Å². The van der Waals surface area contributed by atoms with Crippen LogP contribution in [0.3, 0.4) is 0 Å². The van der Waals surface area contributed by atoms with Crippen LogP contribution in [0.25, 0.3) is 0 Å². The van der Waals surface area contributed by atoms with Crippen LogP contribution in [-0.4, -0.2) is 32.0 Å². The molecular formula is C10H20O2Te. The zero-order valence-electron chi connectivity index (χ0n) is 8.75. The molecule has 2 unspecified atom stereocenters. The Kier molecular flexibility index (Phi) is 7.80. The Morgan fingerprint density at radius 3 is 2.54 bits per heavy atom. The number of carboxylic acids is 1. The fourth-order valence-electron chi connectivity index (χ4n) is 1.10. The first kappa shape index (κ1) is 13.3. The molecule has 0 aromatic heterocycles. The summed E-state index contributed by atoms with van der Waals surface area (Å²) in [4.78, 5) is 10.6. The van der Waals surface area contributed by atoms with Gasteiger partial charge in [0.15, 0.2) is 0 Å². The third-order valence-corrected chi connectivity index (χ3v) is 5.68. The average molecular weight is 300 g/mol. The van der Waals surface area contributed by atoms with Crippen molar-refractivity contribution in [1.29, 1.82) is 0 Å². The molecule has 0 spiro atoms. The van der Waals surface area contributed by atoms with Crippen LogP contribution in [0, 0.1) is 5.92 Å². The van der Waals surface area contributed by atoms with E-state index in [1.807, 2.05) is 6.92 Å². The van der Waals surface area contributed by atoms with E-state index in [0.717, 1.165) is 6.42 Å². The van der Waals surface area contributed by atoms with Gasteiger partial charge < -0.3 is 0 Å². The van der Waals surface area contributed by atoms with E-state index in [2.05, 4.69) is 13.8 Å². The Bertz CT molecular complexity index is 148. The third kappa shape index (κ3) is 7.34. The SMILES string of the molecule is CCCC[Te]C(C)CC(C)C(=O)O. The van der Waals surface area contributed by atoms with Gasteiger partial charge in [0.25, 0.3) is 0 Å². The van der Waals surface area contributed by atoms with Crippen molar-refractivity contribution < 1.29 is 9.90 Å². The Hall–Kier alpha value is 0.260. The molecule has 0 rings (SSSR count). The molecule has 3 heteroatoms. The first-order chi connectivity index (χ1) is 6.07. The summed E-state index contributed by atoms with van der Waals surface area (Å²) in [6.07, 6.45) is 3.47. The molecule has 1 N–H and O–H groups in total. The van der Waals surface area contributed by atoms with Crippen LogP contribution in [0.2, 0.25) is 8.43 Å². The van der Waals surface area contributed by atoms with Gasteiger partial charge in [0.05, 0.1) is 0 Å². The topological polar surface area (TPSA) is 37.3 Å². The van der Waals surface area contributed by atoms with E-state index in [9.17, 15) is 4.79 Å². The van der Waals surface area contributed by atoms with E-state index in [4.69, 9.17) is 5.11 Å². The van der Waals surface area contributed by atoms with E-state index in [1.165, 1.54) is 17.3 Å². The Morgan fingerprint density at radius 2 is 2.08 bits per heavy atom. The molecule has 0 heterocycles. The van der Waals surface area contributed by atoms with Crippen LogP contribution in [0.4, 0.5) is 0 Å². The van der Waals surface area contributed by atoms with Gasteiger partial charge in [-0.25, -0.2) is 0 Å². The number of aliphatic carboxylic acids is 1. The van der Waals surface area contributed by atoms with Gasteiger partial charge >= 0.3 is 91.2 Å². The minimum atomic E-state index is -0.644. The molecule has 0 aliphatic rings. The molecule has 78 valence electrons. The maximum atomic E-state index is 10.6. The number of unbranched alkanes of at least 4 members (excludes halogenated alkanes) is 1. The summed E-state index contributed by atoms with van der Waals surface area (Å²) >= 11 is 0.0625. The van der Waals surface area contributed by atoms with Crippen molar-refractivity contribution in [2.24, 2.45) is 5.92 Å². The molecule has 0 radical (unpaired) electrons. The molecule has 13 heavy (non-hydrogen) atoms. The molecule has 0 aliphatic carbocycles. The molecule has 2 nitrogen and oxygen atoms in total. The summed E-state index contributed by atoms with van der Waals surface area (Å²) in [6.45, 7) is 6.22. The fraction of sp³-hybridized carbons (Fsp3) is 0.900. The molecule has 2 atom stereocenters. The van der Waals surface area contributed by atoms with Crippen LogP contribution in [0.1, 0.15) is 40.0 Å². The first-order valence-corrected chi connectivity index (χ1v) is 7.91. The first-order valence-electron chi connectivity index (χ1n) is 4.92. The summed E-state index contributed by atoms with van der Waals surface area (Å²) in [5.74, 6) is -0.795. The molecular weight excluding hydrogens is 280 g/mol. The van der Waals surface area contributed by atoms with E-state index >= 15 is 0 Å². The molecule has 0 aromatic rings. The summed E-state index contributed by atoms with van der Waals surface area (Å²) in [5, 5.41) is 8.72. The second kappa shape index (κ2) is 7.64. The van der Waals surface area contributed by atoms with Crippen molar-refractivity contribution >= 4 is 26.9 Å². The molecule has 0 aliphatic heterocycles. The second-order valence-electron chi connectivity index (χ2n) is 3.51. The Balaban J connectivity index is 3.49. The predicted molar refractivity (Wildman–Crippen MR) is 56.3 cm³/mol. The van der Waals surface area contributed by atoms with Crippen molar-refractivity contribution in [2.45, 2.75) is 48.5 Å². The van der Waals surface area contributed by atoms with Crippen LogP contribution < -0.4 is 0 Å². The molecule has 0 bridgehead atoms. The Labute approximate surface area is 91.2 Å². The van der Waals surface area contributed by atoms with Crippen molar-refractivity contribution in [1.82, 2.24) is 0 Å². The maximum absolute atomic E-state index is 10.6. The van der Waals surface area contributed by atoms with Gasteiger partial charge in [-0.1, -0.05) is 0 Å². The van der Waals surface area contributed by atoms with E-state index in [1.54, 1.807) is 0 Å². The number of hydrogen-bond donors (Lipinski definition) is 1. The van der Waals surface area contributed by atoms with Crippen LogP contribution in [-0.2, 0) is 4.79 Å². The van der Waals surface area contributed by atoms with Gasteiger partial charge in [-0.2, -0.15) is 0 Å². The van der Waals surface area contributed by atoms with Gasteiger partial charge in [0, 0.05) is 0 Å². The van der Waals surface area contributed by atoms with Gasteiger partial charge in [-0.05, 0) is 0 Å².